The van der Waals surface area contributed by atoms with Gasteiger partial charge in [-0.1, -0.05) is 15.9 Å². The van der Waals surface area contributed by atoms with E-state index in [1.807, 2.05) is 48.2 Å². The van der Waals surface area contributed by atoms with E-state index in [-0.39, 0.29) is 5.91 Å². The van der Waals surface area contributed by atoms with E-state index in [0.29, 0.717) is 12.2 Å². The number of halogens is 1. The molecule has 0 saturated heterocycles. The maximum Gasteiger partial charge on any atom is 0.258 e. The summed E-state index contributed by atoms with van der Waals surface area (Å²) in [7, 11) is 0. The third-order valence-corrected chi connectivity index (χ3v) is 5.05. The van der Waals surface area contributed by atoms with Gasteiger partial charge in [0.2, 0.25) is 0 Å². The van der Waals surface area contributed by atoms with Crippen molar-refractivity contribution in [1.82, 2.24) is 0 Å². The number of thioether (sulfide) groups is 1. The first-order chi connectivity index (χ1) is 10.1. The van der Waals surface area contributed by atoms with Crippen molar-refractivity contribution in [3.8, 4) is 0 Å². The van der Waals surface area contributed by atoms with Crippen molar-refractivity contribution in [3.05, 3.63) is 52.0 Å². The molecule has 2 aromatic rings. The van der Waals surface area contributed by atoms with Gasteiger partial charge in [-0.25, -0.2) is 0 Å². The molecule has 0 fully saturated rings. The number of nitrogen functional groups attached to an aromatic ring is 1. The average Bonchev–Trinajstić information content (AvgIpc) is 2.46. The number of carbonyl (C=O) groups is 1. The lowest BCUT2D eigenvalue weighted by molar-refractivity contribution is 0.0987. The molecule has 3 rings (SSSR count). The number of aryl methyl sites for hydroxylation is 1. The lowest BCUT2D eigenvalue weighted by Crippen LogP contribution is -2.35. The third kappa shape index (κ3) is 2.80. The normalized spacial score (nSPS) is 13.9. The largest absolute Gasteiger partial charge is 0.399 e. The standard InChI is InChI=1S/C16H15BrN2OS/c1-10-8-11(17)2-4-13(10)16(20)19-6-7-21-15-5-3-12(18)9-14(15)19/h2-5,8-9H,6-7,18H2,1H3. The summed E-state index contributed by atoms with van der Waals surface area (Å²) in [5, 5.41) is 0. The zero-order chi connectivity index (χ0) is 15.0. The van der Waals surface area contributed by atoms with E-state index in [2.05, 4.69) is 15.9 Å². The van der Waals surface area contributed by atoms with Gasteiger partial charge in [-0.05, 0) is 48.9 Å². The van der Waals surface area contributed by atoms with Gasteiger partial charge in [0.25, 0.3) is 5.91 Å². The van der Waals surface area contributed by atoms with E-state index in [1.54, 1.807) is 11.8 Å². The number of hydrogen-bond donors (Lipinski definition) is 1. The minimum Gasteiger partial charge on any atom is -0.399 e. The Labute approximate surface area is 136 Å². The summed E-state index contributed by atoms with van der Waals surface area (Å²) in [4.78, 5) is 15.8. The fourth-order valence-electron chi connectivity index (χ4n) is 2.46. The van der Waals surface area contributed by atoms with E-state index in [0.717, 1.165) is 31.9 Å². The molecule has 0 atom stereocenters. The molecule has 0 spiro atoms. The highest BCUT2D eigenvalue weighted by atomic mass is 79.9. The fourth-order valence-corrected chi connectivity index (χ4v) is 3.91. The molecule has 1 heterocycles. The summed E-state index contributed by atoms with van der Waals surface area (Å²) in [6.07, 6.45) is 0. The summed E-state index contributed by atoms with van der Waals surface area (Å²) in [6, 6.07) is 11.5. The first-order valence-corrected chi connectivity index (χ1v) is 8.44. The van der Waals surface area contributed by atoms with E-state index < -0.39 is 0 Å². The highest BCUT2D eigenvalue weighted by Crippen LogP contribution is 2.37. The average molecular weight is 363 g/mol. The topological polar surface area (TPSA) is 46.3 Å². The Balaban J connectivity index is 2.02. The molecule has 0 bridgehead atoms. The quantitative estimate of drug-likeness (QED) is 0.777. The molecule has 0 saturated carbocycles. The SMILES string of the molecule is Cc1cc(Br)ccc1C(=O)N1CCSc2ccc(N)cc21. The molecule has 1 aliphatic heterocycles. The van der Waals surface area contributed by atoms with Gasteiger partial charge < -0.3 is 10.6 Å². The van der Waals surface area contributed by atoms with Crippen LogP contribution in [0.3, 0.4) is 0 Å². The van der Waals surface area contributed by atoms with Crippen molar-refractivity contribution in [2.24, 2.45) is 0 Å². The predicted octanol–water partition coefficient (Wildman–Crippen LogP) is 4.09. The number of amides is 1. The number of fused-ring (bicyclic) bond motifs is 1. The van der Waals surface area contributed by atoms with Gasteiger partial charge in [0.15, 0.2) is 0 Å². The number of nitrogens with zero attached hydrogens (tertiary/aromatic N) is 1. The van der Waals surface area contributed by atoms with Gasteiger partial charge in [-0.2, -0.15) is 0 Å². The Bertz CT molecular complexity index is 717. The van der Waals surface area contributed by atoms with Gasteiger partial charge >= 0.3 is 0 Å². The minimum absolute atomic E-state index is 0.0344. The number of nitrogens with two attached hydrogens (primary N) is 1. The molecule has 1 aliphatic rings. The second-order valence-corrected chi connectivity index (χ2v) is 7.04. The summed E-state index contributed by atoms with van der Waals surface area (Å²) < 4.78 is 0.982. The van der Waals surface area contributed by atoms with Crippen molar-refractivity contribution in [1.29, 1.82) is 0 Å². The first kappa shape index (κ1) is 14.5. The molecule has 21 heavy (non-hydrogen) atoms. The first-order valence-electron chi connectivity index (χ1n) is 6.66. The van der Waals surface area contributed by atoms with Crippen molar-refractivity contribution in [2.45, 2.75) is 11.8 Å². The molecular formula is C16H15BrN2OS. The Morgan fingerprint density at radius 1 is 1.29 bits per heavy atom. The Hall–Kier alpha value is -1.46. The minimum atomic E-state index is 0.0344. The van der Waals surface area contributed by atoms with Crippen LogP contribution in [0.5, 0.6) is 0 Å². The second-order valence-electron chi connectivity index (χ2n) is 4.99. The smallest absolute Gasteiger partial charge is 0.258 e. The lowest BCUT2D eigenvalue weighted by Gasteiger charge is -2.29. The van der Waals surface area contributed by atoms with Crippen LogP contribution >= 0.6 is 27.7 Å². The van der Waals surface area contributed by atoms with Gasteiger partial charge in [-0.3, -0.25) is 4.79 Å². The van der Waals surface area contributed by atoms with Gasteiger partial charge in [0.05, 0.1) is 5.69 Å². The zero-order valence-corrected chi connectivity index (χ0v) is 14.0. The van der Waals surface area contributed by atoms with Crippen LogP contribution in [0.15, 0.2) is 45.8 Å². The van der Waals surface area contributed by atoms with E-state index >= 15 is 0 Å². The summed E-state index contributed by atoms with van der Waals surface area (Å²) >= 11 is 5.20. The monoisotopic (exact) mass is 362 g/mol. The van der Waals surface area contributed by atoms with Crippen LogP contribution in [0.2, 0.25) is 0 Å². The molecule has 0 radical (unpaired) electrons. The molecule has 0 unspecified atom stereocenters. The Morgan fingerprint density at radius 3 is 2.86 bits per heavy atom. The summed E-state index contributed by atoms with van der Waals surface area (Å²) in [5.74, 6) is 0.935. The van der Waals surface area contributed by atoms with Gasteiger partial charge in [0.1, 0.15) is 0 Å². The van der Waals surface area contributed by atoms with Crippen LogP contribution in [0.25, 0.3) is 0 Å². The number of hydrogen-bond acceptors (Lipinski definition) is 3. The van der Waals surface area contributed by atoms with Crippen LogP contribution in [0.4, 0.5) is 11.4 Å². The molecule has 1 amide bonds. The molecule has 2 aromatic carbocycles. The van der Waals surface area contributed by atoms with Crippen LogP contribution in [-0.4, -0.2) is 18.2 Å². The molecule has 0 aromatic heterocycles. The number of carbonyl (C=O) groups excluding carboxylic acids is 1. The van der Waals surface area contributed by atoms with Crippen molar-refractivity contribution in [2.75, 3.05) is 22.9 Å². The number of anilines is 2. The highest BCUT2D eigenvalue weighted by Gasteiger charge is 2.25. The highest BCUT2D eigenvalue weighted by molar-refractivity contribution is 9.10. The number of benzene rings is 2. The van der Waals surface area contributed by atoms with Crippen LogP contribution in [0.1, 0.15) is 15.9 Å². The lowest BCUT2D eigenvalue weighted by atomic mass is 10.1. The zero-order valence-electron chi connectivity index (χ0n) is 11.6. The van der Waals surface area contributed by atoms with Crippen molar-refractivity contribution < 1.29 is 4.79 Å². The van der Waals surface area contributed by atoms with Crippen LogP contribution in [0, 0.1) is 6.92 Å². The Morgan fingerprint density at radius 2 is 2.10 bits per heavy atom. The molecule has 0 aliphatic carbocycles. The van der Waals surface area contributed by atoms with Gasteiger partial charge in [-0.15, -0.1) is 11.8 Å². The van der Waals surface area contributed by atoms with Crippen molar-refractivity contribution >= 4 is 45.0 Å². The van der Waals surface area contributed by atoms with Gasteiger partial charge in [0, 0.05) is 32.9 Å². The van der Waals surface area contributed by atoms with E-state index in [1.165, 1.54) is 0 Å². The molecule has 2 N–H and O–H groups in total. The van der Waals surface area contributed by atoms with Crippen molar-refractivity contribution in [3.63, 3.8) is 0 Å². The van der Waals surface area contributed by atoms with Crippen LogP contribution in [-0.2, 0) is 0 Å². The predicted molar refractivity (Wildman–Crippen MR) is 92.1 cm³/mol. The number of rotatable bonds is 1. The molecule has 108 valence electrons. The maximum atomic E-state index is 12.9. The molecule has 3 nitrogen and oxygen atoms in total. The second kappa shape index (κ2) is 5.73. The fraction of sp³-hybridized carbons (Fsp3) is 0.188. The van der Waals surface area contributed by atoms with E-state index in [4.69, 9.17) is 5.73 Å². The van der Waals surface area contributed by atoms with Crippen LogP contribution < -0.4 is 10.6 Å². The maximum absolute atomic E-state index is 12.9. The molecular weight excluding hydrogens is 348 g/mol. The summed E-state index contributed by atoms with van der Waals surface area (Å²) in [6.45, 7) is 2.66. The Kier molecular flexibility index (Phi) is 3.95. The third-order valence-electron chi connectivity index (χ3n) is 3.51. The molecule has 5 heteroatoms. The van der Waals surface area contributed by atoms with E-state index in [9.17, 15) is 4.79 Å². The summed E-state index contributed by atoms with van der Waals surface area (Å²) in [5.41, 5.74) is 9.18.